The molecule has 0 spiro atoms. The number of carbonyl (C=O) groups excluding carboxylic acids is 1. The zero-order valence-corrected chi connectivity index (χ0v) is 16.9. The minimum atomic E-state index is -0.0937. The third-order valence-corrected chi connectivity index (χ3v) is 6.09. The van der Waals surface area contributed by atoms with E-state index in [9.17, 15) is 4.79 Å². The summed E-state index contributed by atoms with van der Waals surface area (Å²) < 4.78 is 1.79. The van der Waals surface area contributed by atoms with Crippen molar-refractivity contribution in [3.63, 3.8) is 0 Å². The summed E-state index contributed by atoms with van der Waals surface area (Å²) in [6.45, 7) is 1.96. The van der Waals surface area contributed by atoms with Crippen LogP contribution in [-0.2, 0) is 0 Å². The molecule has 0 fully saturated rings. The van der Waals surface area contributed by atoms with Gasteiger partial charge in [0, 0.05) is 10.9 Å². The maximum absolute atomic E-state index is 12.9. The zero-order valence-electron chi connectivity index (χ0n) is 16.1. The number of carbonyl (C=O) groups is 1. The van der Waals surface area contributed by atoms with E-state index in [0.717, 1.165) is 16.8 Å². The smallest absolute Gasteiger partial charge is 0.205 e. The molecular weight excluding hydrogens is 394 g/mol. The Hall–Kier alpha value is -3.84. The highest BCUT2D eigenvalue weighted by atomic mass is 32.1. The van der Waals surface area contributed by atoms with Gasteiger partial charge in [-0.1, -0.05) is 53.7 Å². The van der Waals surface area contributed by atoms with E-state index in [0.29, 0.717) is 32.3 Å². The van der Waals surface area contributed by atoms with Crippen LogP contribution < -0.4 is 5.73 Å². The standard InChI is InChI=1S/C23H17N5OS/c1-14-20(26-27-28(14)16-10-6-3-7-11-16)18-13-12-17-19(24)22(30-23(17)25-18)21(29)15-8-4-2-5-9-15/h2-13H,24H2,1H3. The lowest BCUT2D eigenvalue weighted by Crippen LogP contribution is -2.01. The number of fused-ring (bicyclic) bond motifs is 1. The Bertz CT molecular complexity index is 1370. The van der Waals surface area contributed by atoms with Crippen molar-refractivity contribution in [1.82, 2.24) is 20.0 Å². The number of rotatable bonds is 4. The average Bonchev–Trinajstić information content (AvgIpc) is 3.34. The van der Waals surface area contributed by atoms with Gasteiger partial charge < -0.3 is 5.73 Å². The van der Waals surface area contributed by atoms with Gasteiger partial charge in [0.2, 0.25) is 5.78 Å². The second-order valence-corrected chi connectivity index (χ2v) is 7.86. The molecule has 2 N–H and O–H groups in total. The summed E-state index contributed by atoms with van der Waals surface area (Å²) in [5.41, 5.74) is 10.6. The van der Waals surface area contributed by atoms with Crippen LogP contribution in [0.4, 0.5) is 5.69 Å². The number of ketones is 1. The van der Waals surface area contributed by atoms with Gasteiger partial charge in [-0.2, -0.15) is 0 Å². The third kappa shape index (κ3) is 2.96. The Morgan fingerprint density at radius 3 is 2.40 bits per heavy atom. The lowest BCUT2D eigenvalue weighted by Gasteiger charge is -2.03. The molecule has 0 saturated heterocycles. The van der Waals surface area contributed by atoms with Crippen LogP contribution in [0.5, 0.6) is 0 Å². The molecule has 0 unspecified atom stereocenters. The molecule has 3 aromatic heterocycles. The van der Waals surface area contributed by atoms with Gasteiger partial charge in [0.25, 0.3) is 0 Å². The molecule has 0 aliphatic rings. The molecule has 0 amide bonds. The number of anilines is 1. The fraction of sp³-hybridized carbons (Fsp3) is 0.0435. The van der Waals surface area contributed by atoms with Gasteiger partial charge in [-0.15, -0.1) is 16.4 Å². The average molecular weight is 411 g/mol. The minimum Gasteiger partial charge on any atom is -0.397 e. The number of para-hydroxylation sites is 1. The van der Waals surface area contributed by atoms with Gasteiger partial charge in [-0.05, 0) is 31.2 Å². The lowest BCUT2D eigenvalue weighted by molar-refractivity contribution is 0.104. The normalized spacial score (nSPS) is 11.1. The van der Waals surface area contributed by atoms with Gasteiger partial charge in [-0.3, -0.25) is 4.79 Å². The summed E-state index contributed by atoms with van der Waals surface area (Å²) in [6.07, 6.45) is 0. The van der Waals surface area contributed by atoms with Gasteiger partial charge in [0.1, 0.15) is 15.4 Å². The minimum absolute atomic E-state index is 0.0937. The van der Waals surface area contributed by atoms with Crippen molar-refractivity contribution in [3.05, 3.63) is 88.9 Å². The molecule has 0 bridgehead atoms. The number of aromatic nitrogens is 4. The number of hydrogen-bond acceptors (Lipinski definition) is 6. The number of nitrogens with two attached hydrogens (primary N) is 1. The fourth-order valence-electron chi connectivity index (χ4n) is 3.40. The SMILES string of the molecule is Cc1c(-c2ccc3c(N)c(C(=O)c4ccccc4)sc3n2)nnn1-c1ccccc1. The Morgan fingerprint density at radius 1 is 0.967 bits per heavy atom. The highest BCUT2D eigenvalue weighted by Crippen LogP contribution is 2.35. The van der Waals surface area contributed by atoms with Crippen LogP contribution in [-0.4, -0.2) is 25.8 Å². The molecule has 0 saturated carbocycles. The van der Waals surface area contributed by atoms with Crippen LogP contribution in [0.2, 0.25) is 0 Å². The number of nitrogen functional groups attached to an aromatic ring is 1. The number of pyridine rings is 1. The molecule has 5 rings (SSSR count). The molecule has 0 atom stereocenters. The molecule has 0 aliphatic carbocycles. The van der Waals surface area contributed by atoms with E-state index in [4.69, 9.17) is 10.7 Å². The van der Waals surface area contributed by atoms with Crippen molar-refractivity contribution < 1.29 is 4.79 Å². The van der Waals surface area contributed by atoms with Crippen LogP contribution in [0.1, 0.15) is 20.9 Å². The first-order valence-electron chi connectivity index (χ1n) is 9.40. The second kappa shape index (κ2) is 7.20. The highest BCUT2D eigenvalue weighted by molar-refractivity contribution is 7.21. The molecule has 30 heavy (non-hydrogen) atoms. The number of hydrogen-bond donors (Lipinski definition) is 1. The van der Waals surface area contributed by atoms with Crippen LogP contribution >= 0.6 is 11.3 Å². The first-order chi connectivity index (χ1) is 14.6. The predicted octanol–water partition coefficient (Wildman–Crippen LogP) is 4.67. The van der Waals surface area contributed by atoms with Crippen LogP contribution in [0.25, 0.3) is 27.3 Å². The van der Waals surface area contributed by atoms with Crippen molar-refractivity contribution in [1.29, 1.82) is 0 Å². The molecule has 3 heterocycles. The Balaban J connectivity index is 1.57. The fourth-order valence-corrected chi connectivity index (χ4v) is 4.45. The summed E-state index contributed by atoms with van der Waals surface area (Å²) in [5.74, 6) is -0.0937. The lowest BCUT2D eigenvalue weighted by atomic mass is 10.1. The topological polar surface area (TPSA) is 86.7 Å². The summed E-state index contributed by atoms with van der Waals surface area (Å²) in [4.78, 5) is 18.8. The first kappa shape index (κ1) is 18.2. The van der Waals surface area contributed by atoms with E-state index >= 15 is 0 Å². The maximum Gasteiger partial charge on any atom is 0.205 e. The third-order valence-electron chi connectivity index (χ3n) is 4.97. The van der Waals surface area contributed by atoms with Crippen LogP contribution in [0.15, 0.2) is 72.8 Å². The largest absolute Gasteiger partial charge is 0.397 e. The summed E-state index contributed by atoms with van der Waals surface area (Å²) >= 11 is 1.30. The Kier molecular flexibility index (Phi) is 4.37. The number of nitrogens with zero attached hydrogens (tertiary/aromatic N) is 4. The summed E-state index contributed by atoms with van der Waals surface area (Å²) in [6, 6.07) is 22.7. The van der Waals surface area contributed by atoms with Gasteiger partial charge in [0.05, 0.1) is 22.8 Å². The summed E-state index contributed by atoms with van der Waals surface area (Å²) in [5, 5.41) is 9.40. The quantitative estimate of drug-likeness (QED) is 0.435. The van der Waals surface area contributed by atoms with Crippen molar-refractivity contribution in [2.24, 2.45) is 0 Å². The molecule has 2 aromatic carbocycles. The van der Waals surface area contributed by atoms with E-state index < -0.39 is 0 Å². The van der Waals surface area contributed by atoms with Crippen LogP contribution in [0.3, 0.4) is 0 Å². The first-order valence-corrected chi connectivity index (χ1v) is 10.2. The van der Waals surface area contributed by atoms with Crippen molar-refractivity contribution in [3.8, 4) is 17.1 Å². The van der Waals surface area contributed by atoms with Gasteiger partial charge in [0.15, 0.2) is 0 Å². The zero-order chi connectivity index (χ0) is 20.7. The molecule has 7 heteroatoms. The van der Waals surface area contributed by atoms with Crippen molar-refractivity contribution in [2.75, 3.05) is 5.73 Å². The highest BCUT2D eigenvalue weighted by Gasteiger charge is 2.20. The number of benzene rings is 2. The summed E-state index contributed by atoms with van der Waals surface area (Å²) in [7, 11) is 0. The van der Waals surface area contributed by atoms with E-state index in [1.165, 1.54) is 11.3 Å². The van der Waals surface area contributed by atoms with Crippen molar-refractivity contribution >= 4 is 33.0 Å². The molecule has 5 aromatic rings. The second-order valence-electron chi connectivity index (χ2n) is 6.86. The van der Waals surface area contributed by atoms with Gasteiger partial charge >= 0.3 is 0 Å². The van der Waals surface area contributed by atoms with E-state index in [1.807, 2.05) is 67.6 Å². The molecular formula is C23H17N5OS. The molecule has 146 valence electrons. The van der Waals surface area contributed by atoms with Crippen LogP contribution in [0, 0.1) is 6.92 Å². The predicted molar refractivity (Wildman–Crippen MR) is 119 cm³/mol. The maximum atomic E-state index is 12.9. The van der Waals surface area contributed by atoms with E-state index in [-0.39, 0.29) is 5.78 Å². The molecule has 0 radical (unpaired) electrons. The monoisotopic (exact) mass is 411 g/mol. The van der Waals surface area contributed by atoms with Gasteiger partial charge in [-0.25, -0.2) is 9.67 Å². The molecule has 0 aliphatic heterocycles. The van der Waals surface area contributed by atoms with Crippen molar-refractivity contribution in [2.45, 2.75) is 6.92 Å². The number of thiophene rings is 1. The Labute approximate surface area is 176 Å². The molecule has 6 nitrogen and oxygen atoms in total. The van der Waals surface area contributed by atoms with E-state index in [2.05, 4.69) is 10.3 Å². The Morgan fingerprint density at radius 2 is 1.67 bits per heavy atom. The van der Waals surface area contributed by atoms with E-state index in [1.54, 1.807) is 16.8 Å².